The zero-order chi connectivity index (χ0) is 18.4. The van der Waals surface area contributed by atoms with Crippen LogP contribution in [0, 0.1) is 5.92 Å². The van der Waals surface area contributed by atoms with Crippen molar-refractivity contribution in [1.29, 1.82) is 0 Å². The predicted molar refractivity (Wildman–Crippen MR) is 101 cm³/mol. The first-order chi connectivity index (χ1) is 12.6. The van der Waals surface area contributed by atoms with Gasteiger partial charge in [-0.1, -0.05) is 19.3 Å². The van der Waals surface area contributed by atoms with E-state index in [1.54, 1.807) is 12.0 Å². The quantitative estimate of drug-likeness (QED) is 0.747. The van der Waals surface area contributed by atoms with Crippen molar-refractivity contribution in [1.82, 2.24) is 15.1 Å². The molecule has 26 heavy (non-hydrogen) atoms. The maximum absolute atomic E-state index is 12.8. The van der Waals surface area contributed by atoms with Gasteiger partial charge in [0.25, 0.3) is 0 Å². The molecule has 3 fully saturated rings. The summed E-state index contributed by atoms with van der Waals surface area (Å²) in [5.41, 5.74) is 0.177. The standard InChI is InChI=1S/C20H35N3O3/c1-26-14-13-22-15-17(7-8-18(22)24)19(25)21-16-20(9-3-4-10-20)23-11-5-2-6-12-23/h17H,2-16H2,1H3,(H,21,25). The fraction of sp³-hybridized carbons (Fsp3) is 0.900. The Morgan fingerprint density at radius 3 is 2.62 bits per heavy atom. The summed E-state index contributed by atoms with van der Waals surface area (Å²) in [6.07, 6.45) is 10.0. The molecule has 1 unspecified atom stereocenters. The lowest BCUT2D eigenvalue weighted by Crippen LogP contribution is -2.57. The lowest BCUT2D eigenvalue weighted by atomic mass is 9.91. The molecule has 3 aliphatic rings. The lowest BCUT2D eigenvalue weighted by Gasteiger charge is -2.44. The molecule has 0 aromatic carbocycles. The molecule has 6 heteroatoms. The number of methoxy groups -OCH3 is 1. The number of amides is 2. The van der Waals surface area contributed by atoms with Gasteiger partial charge in [-0.05, 0) is 45.2 Å². The van der Waals surface area contributed by atoms with E-state index in [9.17, 15) is 9.59 Å². The van der Waals surface area contributed by atoms with Gasteiger partial charge in [-0.3, -0.25) is 14.5 Å². The van der Waals surface area contributed by atoms with Crippen LogP contribution in [0.1, 0.15) is 57.8 Å². The van der Waals surface area contributed by atoms with E-state index in [0.29, 0.717) is 32.5 Å². The highest BCUT2D eigenvalue weighted by Crippen LogP contribution is 2.36. The highest BCUT2D eigenvalue weighted by molar-refractivity contribution is 5.83. The van der Waals surface area contributed by atoms with Crippen molar-refractivity contribution in [2.24, 2.45) is 5.92 Å². The van der Waals surface area contributed by atoms with Crippen molar-refractivity contribution in [2.75, 3.05) is 46.4 Å². The third kappa shape index (κ3) is 4.58. The monoisotopic (exact) mass is 365 g/mol. The van der Waals surface area contributed by atoms with Crippen molar-refractivity contribution in [3.63, 3.8) is 0 Å². The van der Waals surface area contributed by atoms with Crippen molar-refractivity contribution in [2.45, 2.75) is 63.3 Å². The fourth-order valence-electron chi connectivity index (χ4n) is 4.95. The third-order valence-corrected chi connectivity index (χ3v) is 6.59. The third-order valence-electron chi connectivity index (χ3n) is 6.59. The maximum Gasteiger partial charge on any atom is 0.224 e. The van der Waals surface area contributed by atoms with Crippen LogP contribution in [0.2, 0.25) is 0 Å². The molecule has 2 saturated heterocycles. The summed E-state index contributed by atoms with van der Waals surface area (Å²) in [7, 11) is 1.64. The highest BCUT2D eigenvalue weighted by Gasteiger charge is 2.40. The molecule has 0 radical (unpaired) electrons. The Balaban J connectivity index is 1.54. The molecule has 1 aliphatic carbocycles. The minimum atomic E-state index is -0.0793. The van der Waals surface area contributed by atoms with Crippen LogP contribution in [0.15, 0.2) is 0 Å². The van der Waals surface area contributed by atoms with Crippen LogP contribution in [0.3, 0.4) is 0 Å². The molecule has 2 heterocycles. The summed E-state index contributed by atoms with van der Waals surface area (Å²) in [6.45, 7) is 4.77. The van der Waals surface area contributed by atoms with Crippen molar-refractivity contribution < 1.29 is 14.3 Å². The number of carbonyl (C=O) groups excluding carboxylic acids is 2. The second-order valence-electron chi connectivity index (χ2n) is 8.27. The van der Waals surface area contributed by atoms with Gasteiger partial charge in [0.2, 0.25) is 11.8 Å². The largest absolute Gasteiger partial charge is 0.383 e. The highest BCUT2D eigenvalue weighted by atomic mass is 16.5. The predicted octanol–water partition coefficient (Wildman–Crippen LogP) is 1.79. The minimum Gasteiger partial charge on any atom is -0.383 e. The van der Waals surface area contributed by atoms with Gasteiger partial charge in [0.1, 0.15) is 0 Å². The number of carbonyl (C=O) groups is 2. The zero-order valence-corrected chi connectivity index (χ0v) is 16.3. The average Bonchev–Trinajstić information content (AvgIpc) is 3.16. The number of rotatable bonds is 7. The Kier molecular flexibility index (Phi) is 6.92. The Morgan fingerprint density at radius 2 is 1.92 bits per heavy atom. The summed E-state index contributed by atoms with van der Waals surface area (Å²) in [4.78, 5) is 29.3. The molecule has 1 saturated carbocycles. The van der Waals surface area contributed by atoms with Gasteiger partial charge in [-0.15, -0.1) is 0 Å². The average molecular weight is 366 g/mol. The Bertz CT molecular complexity index is 485. The summed E-state index contributed by atoms with van der Waals surface area (Å²) in [5.74, 6) is 0.194. The number of ether oxygens (including phenoxy) is 1. The van der Waals surface area contributed by atoms with Crippen LogP contribution in [0.5, 0.6) is 0 Å². The Labute approximate surface area is 157 Å². The molecule has 1 atom stereocenters. The topological polar surface area (TPSA) is 61.9 Å². The number of hydrogen-bond donors (Lipinski definition) is 1. The first kappa shape index (κ1) is 19.6. The van der Waals surface area contributed by atoms with Crippen LogP contribution in [-0.2, 0) is 14.3 Å². The molecule has 0 bridgehead atoms. The van der Waals surface area contributed by atoms with Crippen LogP contribution >= 0.6 is 0 Å². The smallest absolute Gasteiger partial charge is 0.224 e. The normalized spacial score (nSPS) is 26.9. The molecule has 2 aliphatic heterocycles. The second-order valence-corrected chi connectivity index (χ2v) is 8.27. The molecule has 0 spiro atoms. The second kappa shape index (κ2) is 9.18. The van der Waals surface area contributed by atoms with Gasteiger partial charge < -0.3 is 15.0 Å². The van der Waals surface area contributed by atoms with Crippen LogP contribution in [-0.4, -0.2) is 73.6 Å². The van der Waals surface area contributed by atoms with Crippen molar-refractivity contribution in [3.8, 4) is 0 Å². The van der Waals surface area contributed by atoms with Crippen LogP contribution in [0.25, 0.3) is 0 Å². The van der Waals surface area contributed by atoms with Crippen LogP contribution < -0.4 is 5.32 Å². The van der Waals surface area contributed by atoms with E-state index in [4.69, 9.17) is 4.74 Å². The first-order valence-corrected chi connectivity index (χ1v) is 10.4. The van der Waals surface area contributed by atoms with Gasteiger partial charge in [-0.2, -0.15) is 0 Å². The van der Waals surface area contributed by atoms with Gasteiger partial charge in [0.15, 0.2) is 0 Å². The summed E-state index contributed by atoms with van der Waals surface area (Å²) in [6, 6.07) is 0. The van der Waals surface area contributed by atoms with Gasteiger partial charge >= 0.3 is 0 Å². The van der Waals surface area contributed by atoms with E-state index < -0.39 is 0 Å². The molecule has 0 aromatic rings. The molecule has 148 valence electrons. The van der Waals surface area contributed by atoms with E-state index in [1.807, 2.05) is 0 Å². The number of hydrogen-bond acceptors (Lipinski definition) is 4. The Morgan fingerprint density at radius 1 is 1.19 bits per heavy atom. The molecular weight excluding hydrogens is 330 g/mol. The van der Waals surface area contributed by atoms with E-state index in [-0.39, 0.29) is 23.3 Å². The van der Waals surface area contributed by atoms with Gasteiger partial charge in [-0.25, -0.2) is 0 Å². The SMILES string of the molecule is COCCN1CC(C(=O)NCC2(N3CCCCC3)CCCC2)CCC1=O. The summed E-state index contributed by atoms with van der Waals surface area (Å²) >= 11 is 0. The first-order valence-electron chi connectivity index (χ1n) is 10.4. The fourth-order valence-corrected chi connectivity index (χ4v) is 4.95. The maximum atomic E-state index is 12.8. The van der Waals surface area contributed by atoms with E-state index >= 15 is 0 Å². The number of nitrogens with one attached hydrogen (secondary N) is 1. The van der Waals surface area contributed by atoms with E-state index in [2.05, 4.69) is 10.2 Å². The lowest BCUT2D eigenvalue weighted by molar-refractivity contribution is -0.139. The number of nitrogens with zero attached hydrogens (tertiary/aromatic N) is 2. The van der Waals surface area contributed by atoms with Crippen LogP contribution in [0.4, 0.5) is 0 Å². The summed E-state index contributed by atoms with van der Waals surface area (Å²) in [5, 5.41) is 3.27. The summed E-state index contributed by atoms with van der Waals surface area (Å²) < 4.78 is 5.08. The zero-order valence-electron chi connectivity index (χ0n) is 16.3. The van der Waals surface area contributed by atoms with Gasteiger partial charge in [0.05, 0.1) is 12.5 Å². The Hall–Kier alpha value is -1.14. The number of likely N-dealkylation sites (tertiary alicyclic amines) is 2. The van der Waals surface area contributed by atoms with Crippen molar-refractivity contribution in [3.05, 3.63) is 0 Å². The molecule has 0 aromatic heterocycles. The molecular formula is C20H35N3O3. The molecule has 1 N–H and O–H groups in total. The van der Waals surface area contributed by atoms with E-state index in [1.165, 1.54) is 58.0 Å². The van der Waals surface area contributed by atoms with Gasteiger partial charge in [0, 0.05) is 38.7 Å². The molecule has 6 nitrogen and oxygen atoms in total. The molecule has 2 amide bonds. The van der Waals surface area contributed by atoms with E-state index in [0.717, 1.165) is 6.54 Å². The van der Waals surface area contributed by atoms with Crippen molar-refractivity contribution >= 4 is 11.8 Å². The number of piperidine rings is 2. The minimum absolute atomic E-state index is 0.0793. The molecule has 3 rings (SSSR count).